The highest BCUT2D eigenvalue weighted by molar-refractivity contribution is 5.93. The van der Waals surface area contributed by atoms with E-state index in [4.69, 9.17) is 14.0 Å². The van der Waals surface area contributed by atoms with Crippen LogP contribution in [0.5, 0.6) is 17.4 Å². The lowest BCUT2D eigenvalue weighted by molar-refractivity contribution is 0.0941. The van der Waals surface area contributed by atoms with Crippen molar-refractivity contribution in [2.24, 2.45) is 0 Å². The first-order valence-electron chi connectivity index (χ1n) is 10.2. The molecule has 162 valence electrons. The van der Waals surface area contributed by atoms with E-state index in [-0.39, 0.29) is 18.1 Å². The predicted molar refractivity (Wildman–Crippen MR) is 117 cm³/mol. The van der Waals surface area contributed by atoms with Crippen LogP contribution in [-0.2, 0) is 6.54 Å². The maximum atomic E-state index is 12.5. The second kappa shape index (κ2) is 10.2. The van der Waals surface area contributed by atoms with Crippen molar-refractivity contribution in [3.63, 3.8) is 0 Å². The van der Waals surface area contributed by atoms with E-state index in [1.54, 1.807) is 42.9 Å². The van der Waals surface area contributed by atoms with Crippen LogP contribution >= 0.6 is 0 Å². The molecule has 0 aliphatic heterocycles. The van der Waals surface area contributed by atoms with Crippen molar-refractivity contribution in [3.8, 4) is 28.7 Å². The summed E-state index contributed by atoms with van der Waals surface area (Å²) in [7, 11) is 0. The molecule has 0 fully saturated rings. The molecule has 32 heavy (non-hydrogen) atoms. The quantitative estimate of drug-likeness (QED) is 0.413. The largest absolute Gasteiger partial charge is 0.494 e. The summed E-state index contributed by atoms with van der Waals surface area (Å²) < 4.78 is 16.8. The first kappa shape index (κ1) is 21.0. The Morgan fingerprint density at radius 1 is 1.03 bits per heavy atom. The average Bonchev–Trinajstić information content (AvgIpc) is 3.34. The van der Waals surface area contributed by atoms with Gasteiger partial charge in [-0.2, -0.15) is 0 Å². The molecule has 3 aromatic heterocycles. The van der Waals surface area contributed by atoms with Gasteiger partial charge in [0.05, 0.1) is 6.61 Å². The van der Waals surface area contributed by atoms with Gasteiger partial charge in [-0.25, -0.2) is 4.98 Å². The third-order valence-corrected chi connectivity index (χ3v) is 4.51. The molecule has 0 radical (unpaired) electrons. The van der Waals surface area contributed by atoms with Crippen LogP contribution in [0.15, 0.2) is 77.7 Å². The van der Waals surface area contributed by atoms with Crippen LogP contribution in [-0.4, -0.2) is 27.6 Å². The van der Waals surface area contributed by atoms with E-state index in [1.165, 1.54) is 0 Å². The molecule has 4 aromatic rings. The second-order valence-electron chi connectivity index (χ2n) is 6.88. The predicted octanol–water partition coefficient (Wildman–Crippen LogP) is 4.64. The Hall–Kier alpha value is -4.20. The van der Waals surface area contributed by atoms with Crippen LogP contribution in [0.2, 0.25) is 0 Å². The number of hydrogen-bond donors (Lipinski definition) is 1. The van der Waals surface area contributed by atoms with Crippen LogP contribution in [0.4, 0.5) is 0 Å². The van der Waals surface area contributed by atoms with Gasteiger partial charge in [0.15, 0.2) is 11.5 Å². The molecular weight excluding hydrogens is 408 g/mol. The van der Waals surface area contributed by atoms with E-state index >= 15 is 0 Å². The highest BCUT2D eigenvalue weighted by atomic mass is 16.5. The molecule has 0 atom stereocenters. The minimum atomic E-state index is -0.360. The Kier molecular flexibility index (Phi) is 6.72. The summed E-state index contributed by atoms with van der Waals surface area (Å²) >= 11 is 0. The molecule has 0 saturated heterocycles. The molecule has 1 aromatic carbocycles. The number of hydrogen-bond acceptors (Lipinski definition) is 7. The fourth-order valence-electron chi connectivity index (χ4n) is 2.89. The summed E-state index contributed by atoms with van der Waals surface area (Å²) in [6.45, 7) is 2.94. The van der Waals surface area contributed by atoms with Crippen LogP contribution in [0.25, 0.3) is 11.3 Å². The van der Waals surface area contributed by atoms with E-state index in [0.29, 0.717) is 24.0 Å². The Morgan fingerprint density at radius 2 is 1.81 bits per heavy atom. The summed E-state index contributed by atoms with van der Waals surface area (Å²) in [6, 6.07) is 16.1. The number of aromatic nitrogens is 3. The molecule has 8 nitrogen and oxygen atoms in total. The van der Waals surface area contributed by atoms with Crippen molar-refractivity contribution in [1.82, 2.24) is 20.4 Å². The standard InChI is InChI=1S/C24H22N4O4/c1-2-14-30-19-5-7-20(8-6-19)31-24-18(4-3-11-26-24)16-27-23(29)21-15-22(32-28-21)17-9-12-25-13-10-17/h3-13,15H,2,14,16H2,1H3,(H,27,29). The van der Waals surface area contributed by atoms with Crippen molar-refractivity contribution in [2.75, 3.05) is 6.61 Å². The van der Waals surface area contributed by atoms with Gasteiger partial charge >= 0.3 is 0 Å². The maximum absolute atomic E-state index is 12.5. The summed E-state index contributed by atoms with van der Waals surface area (Å²) in [6.07, 6.45) is 5.87. The van der Waals surface area contributed by atoms with Gasteiger partial charge in [0.2, 0.25) is 5.88 Å². The number of ether oxygens (including phenoxy) is 2. The molecule has 4 rings (SSSR count). The molecule has 0 aliphatic rings. The topological polar surface area (TPSA) is 99.4 Å². The lowest BCUT2D eigenvalue weighted by Gasteiger charge is -2.11. The first-order valence-corrected chi connectivity index (χ1v) is 10.2. The van der Waals surface area contributed by atoms with E-state index < -0.39 is 0 Å². The molecule has 1 amide bonds. The number of nitrogens with zero attached hydrogens (tertiary/aromatic N) is 3. The maximum Gasteiger partial charge on any atom is 0.273 e. The zero-order valence-electron chi connectivity index (χ0n) is 17.5. The smallest absolute Gasteiger partial charge is 0.273 e. The van der Waals surface area contributed by atoms with Gasteiger partial charge in [0.1, 0.15) is 11.5 Å². The molecule has 0 bridgehead atoms. The molecule has 0 saturated carbocycles. The van der Waals surface area contributed by atoms with Crippen molar-refractivity contribution in [3.05, 3.63) is 84.4 Å². The van der Waals surface area contributed by atoms with Crippen molar-refractivity contribution >= 4 is 5.91 Å². The summed E-state index contributed by atoms with van der Waals surface area (Å²) in [5.41, 5.74) is 1.71. The van der Waals surface area contributed by atoms with Crippen molar-refractivity contribution in [2.45, 2.75) is 19.9 Å². The molecule has 0 unspecified atom stereocenters. The van der Waals surface area contributed by atoms with Gasteiger partial charge < -0.3 is 19.3 Å². The van der Waals surface area contributed by atoms with Crippen LogP contribution in [0, 0.1) is 0 Å². The SMILES string of the molecule is CCCOc1ccc(Oc2ncccc2CNC(=O)c2cc(-c3ccncc3)on2)cc1. The number of benzene rings is 1. The first-order chi connectivity index (χ1) is 15.7. The van der Waals surface area contributed by atoms with E-state index in [9.17, 15) is 4.79 Å². The Morgan fingerprint density at radius 3 is 2.59 bits per heavy atom. The van der Waals surface area contributed by atoms with E-state index in [0.717, 1.165) is 23.3 Å². The van der Waals surface area contributed by atoms with Gasteiger partial charge in [0.25, 0.3) is 5.91 Å². The third kappa shape index (κ3) is 5.28. The van der Waals surface area contributed by atoms with Gasteiger partial charge in [-0.1, -0.05) is 18.1 Å². The number of carbonyl (C=O) groups excluding carboxylic acids is 1. The molecule has 8 heteroatoms. The van der Waals surface area contributed by atoms with E-state index in [1.807, 2.05) is 30.3 Å². The normalized spacial score (nSPS) is 10.5. The van der Waals surface area contributed by atoms with Crippen LogP contribution in [0.1, 0.15) is 29.4 Å². The fraction of sp³-hybridized carbons (Fsp3) is 0.167. The zero-order valence-corrected chi connectivity index (χ0v) is 17.5. The monoisotopic (exact) mass is 430 g/mol. The minimum Gasteiger partial charge on any atom is -0.494 e. The lowest BCUT2D eigenvalue weighted by atomic mass is 10.2. The molecule has 1 N–H and O–H groups in total. The number of pyridine rings is 2. The Balaban J connectivity index is 1.39. The number of carbonyl (C=O) groups is 1. The molecule has 0 spiro atoms. The van der Waals surface area contributed by atoms with Crippen LogP contribution in [0.3, 0.4) is 0 Å². The highest BCUT2D eigenvalue weighted by Crippen LogP contribution is 2.25. The molecule has 0 aliphatic carbocycles. The van der Waals surface area contributed by atoms with Crippen molar-refractivity contribution in [1.29, 1.82) is 0 Å². The van der Waals surface area contributed by atoms with Gasteiger partial charge in [-0.3, -0.25) is 9.78 Å². The van der Waals surface area contributed by atoms with Crippen LogP contribution < -0.4 is 14.8 Å². The van der Waals surface area contributed by atoms with Gasteiger partial charge in [-0.15, -0.1) is 0 Å². The third-order valence-electron chi connectivity index (χ3n) is 4.51. The summed E-state index contributed by atoms with van der Waals surface area (Å²) in [5, 5.41) is 6.68. The lowest BCUT2D eigenvalue weighted by Crippen LogP contribution is -2.23. The molecular formula is C24H22N4O4. The summed E-state index contributed by atoms with van der Waals surface area (Å²) in [4.78, 5) is 20.8. The fourth-order valence-corrected chi connectivity index (χ4v) is 2.89. The number of amides is 1. The summed E-state index contributed by atoms with van der Waals surface area (Å²) in [5.74, 6) is 1.95. The van der Waals surface area contributed by atoms with Gasteiger partial charge in [-0.05, 0) is 48.9 Å². The second-order valence-corrected chi connectivity index (χ2v) is 6.88. The van der Waals surface area contributed by atoms with Gasteiger partial charge in [0, 0.05) is 42.3 Å². The molecule has 3 heterocycles. The van der Waals surface area contributed by atoms with Crippen molar-refractivity contribution < 1.29 is 18.8 Å². The number of rotatable bonds is 9. The van der Waals surface area contributed by atoms with E-state index in [2.05, 4.69) is 27.4 Å². The Labute approximate surface area is 185 Å². The zero-order chi connectivity index (χ0) is 22.2. The highest BCUT2D eigenvalue weighted by Gasteiger charge is 2.15. The minimum absolute atomic E-state index is 0.186. The average molecular weight is 430 g/mol. The number of nitrogens with one attached hydrogen (secondary N) is 1. The Bertz CT molecular complexity index is 1160.